The van der Waals surface area contributed by atoms with Gasteiger partial charge in [0.15, 0.2) is 0 Å². The first-order valence-corrected chi connectivity index (χ1v) is 12.3. The molecule has 0 amide bonds. The van der Waals surface area contributed by atoms with E-state index in [0.29, 0.717) is 5.75 Å². The van der Waals surface area contributed by atoms with Crippen molar-refractivity contribution in [2.75, 3.05) is 30.5 Å². The number of esters is 2. The van der Waals surface area contributed by atoms with E-state index in [1.807, 2.05) is 0 Å². The Morgan fingerprint density at radius 1 is 0.606 bits per heavy atom. The average molecular weight is 524 g/mol. The van der Waals surface area contributed by atoms with Crippen molar-refractivity contribution in [2.24, 2.45) is 0 Å². The number of hydrogen-bond acceptors (Lipinski definition) is 11. The number of ether oxygens (including phenoxy) is 2. The number of thiol groups is 3. The van der Waals surface area contributed by atoms with Gasteiger partial charge in [0.1, 0.15) is 19.0 Å². The van der Waals surface area contributed by atoms with Crippen LogP contribution in [0.5, 0.6) is 0 Å². The van der Waals surface area contributed by atoms with Crippen molar-refractivity contribution in [1.82, 2.24) is 13.7 Å². The van der Waals surface area contributed by atoms with Crippen molar-refractivity contribution in [3.63, 3.8) is 0 Å². The molecule has 0 saturated carbocycles. The van der Waals surface area contributed by atoms with Gasteiger partial charge in [-0.05, 0) is 12.2 Å². The molecule has 0 aliphatic rings. The fraction of sp³-hybridized carbons (Fsp3) is 0.684. The second-order valence-corrected chi connectivity index (χ2v) is 8.15. The molecule has 0 spiro atoms. The Balaban J connectivity index is 3.13. The molecule has 1 heterocycles. The summed E-state index contributed by atoms with van der Waals surface area (Å²) in [4.78, 5) is 73.1. The van der Waals surface area contributed by atoms with Crippen LogP contribution in [0.25, 0.3) is 0 Å². The molecule has 0 N–H and O–H groups in total. The van der Waals surface area contributed by atoms with E-state index < -0.39 is 29.0 Å². The zero-order valence-corrected chi connectivity index (χ0v) is 20.8. The first-order chi connectivity index (χ1) is 15.8. The van der Waals surface area contributed by atoms with Crippen LogP contribution >= 0.6 is 37.9 Å². The topological polar surface area (TPSA) is 136 Å². The van der Waals surface area contributed by atoms with Crippen LogP contribution in [0.3, 0.4) is 0 Å². The molecule has 0 radical (unpaired) electrons. The highest BCUT2D eigenvalue weighted by molar-refractivity contribution is 7.80. The summed E-state index contributed by atoms with van der Waals surface area (Å²) in [6.45, 7) is -1.13. The molecule has 0 aliphatic carbocycles. The van der Waals surface area contributed by atoms with Crippen LogP contribution in [0.4, 0.5) is 0 Å². The molecule has 14 heteroatoms. The third kappa shape index (κ3) is 9.84. The number of rotatable bonds is 16. The summed E-state index contributed by atoms with van der Waals surface area (Å²) < 4.78 is 12.4. The summed E-state index contributed by atoms with van der Waals surface area (Å²) in [5.41, 5.74) is -2.66. The van der Waals surface area contributed by atoms with Gasteiger partial charge in [0, 0.05) is 30.9 Å². The first-order valence-electron chi connectivity index (χ1n) is 10.4. The Bertz CT molecular complexity index is 832. The highest BCUT2D eigenvalue weighted by Gasteiger charge is 2.17. The van der Waals surface area contributed by atoms with Gasteiger partial charge in [-0.15, -0.1) is 0 Å². The Morgan fingerprint density at radius 2 is 1.00 bits per heavy atom. The summed E-state index contributed by atoms with van der Waals surface area (Å²) >= 11 is 11.8. The van der Waals surface area contributed by atoms with E-state index in [9.17, 15) is 28.8 Å². The zero-order chi connectivity index (χ0) is 24.8. The summed E-state index contributed by atoms with van der Waals surface area (Å²) in [7, 11) is 0. The summed E-state index contributed by atoms with van der Waals surface area (Å²) in [5.74, 6) is -0.160. The number of ketones is 1. The summed E-state index contributed by atoms with van der Waals surface area (Å²) in [6.07, 6.45) is 0.776. The van der Waals surface area contributed by atoms with E-state index >= 15 is 0 Å². The van der Waals surface area contributed by atoms with Gasteiger partial charge in [-0.3, -0.25) is 14.4 Å². The SMILES string of the molecule is O=C(CCS)CCCn1c(=O)n(CCOC(=O)CCS)c(=O)n(CCOC(=O)CCS)c1=O. The van der Waals surface area contributed by atoms with Crippen molar-refractivity contribution in [1.29, 1.82) is 0 Å². The van der Waals surface area contributed by atoms with Crippen molar-refractivity contribution in [3.8, 4) is 0 Å². The van der Waals surface area contributed by atoms with Crippen LogP contribution in [0, 0.1) is 0 Å². The van der Waals surface area contributed by atoms with Gasteiger partial charge >= 0.3 is 29.0 Å². The third-order valence-corrected chi connectivity index (χ3v) is 5.07. The summed E-state index contributed by atoms with van der Waals surface area (Å²) in [5, 5.41) is 0. The Hall–Kier alpha value is -1.93. The predicted octanol–water partition coefficient (Wildman–Crippen LogP) is -0.433. The van der Waals surface area contributed by atoms with Crippen LogP contribution in [0.1, 0.15) is 32.1 Å². The molecule has 0 aliphatic heterocycles. The van der Waals surface area contributed by atoms with Crippen molar-refractivity contribution in [3.05, 3.63) is 31.5 Å². The van der Waals surface area contributed by atoms with Gasteiger partial charge in [0.25, 0.3) is 0 Å². The molecule has 1 aromatic heterocycles. The smallest absolute Gasteiger partial charge is 0.336 e. The van der Waals surface area contributed by atoms with E-state index in [0.717, 1.165) is 13.7 Å². The van der Waals surface area contributed by atoms with Crippen LogP contribution in [-0.4, -0.2) is 61.9 Å². The minimum atomic E-state index is -0.914. The normalized spacial score (nSPS) is 10.8. The van der Waals surface area contributed by atoms with E-state index in [2.05, 4.69) is 37.9 Å². The maximum Gasteiger partial charge on any atom is 0.336 e. The highest BCUT2D eigenvalue weighted by atomic mass is 32.1. The van der Waals surface area contributed by atoms with Crippen molar-refractivity contribution >= 4 is 55.6 Å². The molecule has 1 rings (SSSR count). The molecule has 11 nitrogen and oxygen atoms in total. The largest absolute Gasteiger partial charge is 0.464 e. The molecule has 0 aromatic carbocycles. The second kappa shape index (κ2) is 15.8. The fourth-order valence-corrected chi connectivity index (χ4v) is 3.38. The molecule has 0 fully saturated rings. The summed E-state index contributed by atoms with van der Waals surface area (Å²) in [6, 6.07) is 0. The molecule has 186 valence electrons. The molecule has 0 bridgehead atoms. The lowest BCUT2D eigenvalue weighted by Crippen LogP contribution is -2.55. The number of carbonyl (C=O) groups is 3. The molecular weight excluding hydrogens is 494 g/mol. The minimum absolute atomic E-state index is 0.0566. The lowest BCUT2D eigenvalue weighted by molar-refractivity contribution is -0.144. The van der Waals surface area contributed by atoms with Gasteiger partial charge in [0.05, 0.1) is 25.9 Å². The number of carbonyl (C=O) groups excluding carboxylic acids is 3. The Labute approximate surface area is 206 Å². The van der Waals surface area contributed by atoms with Crippen LogP contribution in [0.15, 0.2) is 14.4 Å². The Morgan fingerprint density at radius 3 is 1.39 bits per heavy atom. The lowest BCUT2D eigenvalue weighted by atomic mass is 10.2. The van der Waals surface area contributed by atoms with E-state index in [1.54, 1.807) is 0 Å². The highest BCUT2D eigenvalue weighted by Crippen LogP contribution is 1.98. The van der Waals surface area contributed by atoms with Crippen molar-refractivity contribution in [2.45, 2.75) is 51.7 Å². The van der Waals surface area contributed by atoms with E-state index in [4.69, 9.17) is 9.47 Å². The molecular formula is C19H29N3O8S3. The van der Waals surface area contributed by atoms with Crippen LogP contribution < -0.4 is 17.1 Å². The van der Waals surface area contributed by atoms with Gasteiger partial charge < -0.3 is 9.47 Å². The first kappa shape index (κ1) is 29.1. The quantitative estimate of drug-likeness (QED) is 0.196. The molecule has 1 aromatic rings. The molecule has 33 heavy (non-hydrogen) atoms. The monoisotopic (exact) mass is 523 g/mol. The van der Waals surface area contributed by atoms with Gasteiger partial charge in [-0.2, -0.15) is 37.9 Å². The van der Waals surface area contributed by atoms with E-state index in [1.165, 1.54) is 0 Å². The van der Waals surface area contributed by atoms with Crippen molar-refractivity contribution < 1.29 is 23.9 Å². The number of aromatic nitrogens is 3. The fourth-order valence-electron chi connectivity index (χ4n) is 2.77. The van der Waals surface area contributed by atoms with Gasteiger partial charge in [-0.25, -0.2) is 28.1 Å². The maximum absolute atomic E-state index is 12.8. The minimum Gasteiger partial charge on any atom is -0.464 e. The maximum atomic E-state index is 12.8. The Kier molecular flexibility index (Phi) is 14.0. The van der Waals surface area contributed by atoms with Gasteiger partial charge in [0.2, 0.25) is 0 Å². The third-order valence-electron chi connectivity index (χ3n) is 4.40. The average Bonchev–Trinajstić information content (AvgIpc) is 2.76. The lowest BCUT2D eigenvalue weighted by Gasteiger charge is -2.14. The van der Waals surface area contributed by atoms with Crippen LogP contribution in [0.2, 0.25) is 0 Å². The number of nitrogens with zero attached hydrogens (tertiary/aromatic N) is 3. The second-order valence-electron chi connectivity index (χ2n) is 6.81. The molecule has 0 saturated heterocycles. The standard InChI is InChI=1S/C19H29N3O8S3/c23-14(3-11-31)2-1-6-20-17(26)21(7-9-29-15(24)4-12-32)19(28)22(18(20)27)8-10-30-16(25)5-13-33/h31-33H,1-13H2. The number of Topliss-reactive ketones (excluding diaryl/α,β-unsaturated/α-hetero) is 1. The molecule has 0 atom stereocenters. The van der Waals surface area contributed by atoms with Gasteiger partial charge in [-0.1, -0.05) is 0 Å². The number of hydrogen-bond donors (Lipinski definition) is 3. The molecule has 0 unspecified atom stereocenters. The van der Waals surface area contributed by atoms with Crippen LogP contribution in [-0.2, 0) is 43.5 Å². The van der Waals surface area contributed by atoms with E-state index in [-0.39, 0.29) is 82.2 Å². The predicted molar refractivity (Wildman–Crippen MR) is 131 cm³/mol. The zero-order valence-electron chi connectivity index (χ0n) is 18.1.